The van der Waals surface area contributed by atoms with Gasteiger partial charge in [-0.05, 0) is 20.3 Å². The van der Waals surface area contributed by atoms with Crippen LogP contribution >= 0.6 is 0 Å². The highest BCUT2D eigenvalue weighted by molar-refractivity contribution is 4.65. The molecule has 1 atom stereocenters. The molecule has 0 aromatic carbocycles. The summed E-state index contributed by atoms with van der Waals surface area (Å²) in [6.45, 7) is 9.87. The lowest BCUT2D eigenvalue weighted by Gasteiger charge is -2.03. The molecule has 0 aromatic rings. The Morgan fingerprint density at radius 1 is 1.75 bits per heavy atom. The molecule has 1 radical (unpaired) electrons. The largest absolute Gasteiger partial charge is 0.378 e. The standard InChI is InChI=1S/C7H13O/c1-4-5-6-8-7(2)3/h4,7H,1-2,5-6H2,3H3. The highest BCUT2D eigenvalue weighted by Crippen LogP contribution is 1.88. The Labute approximate surface area is 51.4 Å². The first-order chi connectivity index (χ1) is 3.77. The molecule has 0 rings (SSSR count). The molecule has 0 amide bonds. The van der Waals surface area contributed by atoms with E-state index in [4.69, 9.17) is 4.74 Å². The maximum atomic E-state index is 5.10. The predicted octanol–water partition coefficient (Wildman–Crippen LogP) is 1.80. The SMILES string of the molecule is [CH2]C(C)OCCC=C. The Hall–Kier alpha value is -0.300. The van der Waals surface area contributed by atoms with Crippen molar-refractivity contribution in [2.75, 3.05) is 6.61 Å². The van der Waals surface area contributed by atoms with Gasteiger partial charge >= 0.3 is 0 Å². The Bertz CT molecular complexity index is 57.4. The van der Waals surface area contributed by atoms with Crippen molar-refractivity contribution in [3.8, 4) is 0 Å². The third-order valence-corrected chi connectivity index (χ3v) is 0.724. The van der Waals surface area contributed by atoms with E-state index in [1.54, 1.807) is 0 Å². The summed E-state index contributed by atoms with van der Waals surface area (Å²) in [5.74, 6) is 0. The molecule has 0 N–H and O–H groups in total. The molecule has 1 unspecified atom stereocenters. The first kappa shape index (κ1) is 7.70. The van der Waals surface area contributed by atoms with E-state index in [0.717, 1.165) is 13.0 Å². The molecular weight excluding hydrogens is 100 g/mol. The summed E-state index contributed by atoms with van der Waals surface area (Å²) in [4.78, 5) is 0. The van der Waals surface area contributed by atoms with E-state index in [1.165, 1.54) is 0 Å². The smallest absolute Gasteiger partial charge is 0.0548 e. The molecule has 1 heteroatoms. The molecule has 0 aliphatic heterocycles. The van der Waals surface area contributed by atoms with E-state index in [0.29, 0.717) is 0 Å². The van der Waals surface area contributed by atoms with Gasteiger partial charge in [0.1, 0.15) is 0 Å². The van der Waals surface area contributed by atoms with E-state index in [1.807, 2.05) is 13.0 Å². The summed E-state index contributed by atoms with van der Waals surface area (Å²) < 4.78 is 5.10. The van der Waals surface area contributed by atoms with Gasteiger partial charge in [0.15, 0.2) is 0 Å². The minimum atomic E-state index is 0.106. The lowest BCUT2D eigenvalue weighted by atomic mass is 10.4. The Morgan fingerprint density at radius 2 is 2.38 bits per heavy atom. The van der Waals surface area contributed by atoms with Gasteiger partial charge in [-0.25, -0.2) is 0 Å². The molecule has 8 heavy (non-hydrogen) atoms. The van der Waals surface area contributed by atoms with Crippen LogP contribution in [0.15, 0.2) is 12.7 Å². The van der Waals surface area contributed by atoms with Gasteiger partial charge < -0.3 is 4.74 Å². The van der Waals surface area contributed by atoms with Gasteiger partial charge in [-0.1, -0.05) is 6.08 Å². The zero-order valence-electron chi connectivity index (χ0n) is 5.39. The Kier molecular flexibility index (Phi) is 4.67. The minimum Gasteiger partial charge on any atom is -0.378 e. The van der Waals surface area contributed by atoms with E-state index < -0.39 is 0 Å². The third-order valence-electron chi connectivity index (χ3n) is 0.724. The first-order valence-electron chi connectivity index (χ1n) is 2.83. The minimum absolute atomic E-state index is 0.106. The highest BCUT2D eigenvalue weighted by Gasteiger charge is 1.88. The summed E-state index contributed by atoms with van der Waals surface area (Å²) in [5, 5.41) is 0. The summed E-state index contributed by atoms with van der Waals surface area (Å²) in [7, 11) is 0. The van der Waals surface area contributed by atoms with E-state index >= 15 is 0 Å². The third kappa shape index (κ3) is 5.70. The van der Waals surface area contributed by atoms with Crippen molar-refractivity contribution >= 4 is 0 Å². The second-order valence-electron chi connectivity index (χ2n) is 1.76. The van der Waals surface area contributed by atoms with Crippen molar-refractivity contribution in [3.63, 3.8) is 0 Å². The number of ether oxygens (including phenoxy) is 1. The van der Waals surface area contributed by atoms with E-state index in [2.05, 4.69) is 13.5 Å². The molecule has 0 saturated carbocycles. The maximum absolute atomic E-state index is 5.10. The molecule has 0 aliphatic carbocycles. The van der Waals surface area contributed by atoms with Crippen molar-refractivity contribution in [1.29, 1.82) is 0 Å². The average Bonchev–Trinajstić information content (AvgIpc) is 1.66. The Morgan fingerprint density at radius 3 is 2.75 bits per heavy atom. The van der Waals surface area contributed by atoms with Crippen molar-refractivity contribution in [2.45, 2.75) is 19.4 Å². The van der Waals surface area contributed by atoms with E-state index in [-0.39, 0.29) is 6.10 Å². The monoisotopic (exact) mass is 113 g/mol. The topological polar surface area (TPSA) is 9.23 Å². The van der Waals surface area contributed by atoms with Crippen LogP contribution in [0, 0.1) is 6.92 Å². The number of rotatable bonds is 4. The fourth-order valence-corrected chi connectivity index (χ4v) is 0.353. The first-order valence-corrected chi connectivity index (χ1v) is 2.83. The lowest BCUT2D eigenvalue weighted by Crippen LogP contribution is -2.02. The summed E-state index contributed by atoms with van der Waals surface area (Å²) >= 11 is 0. The summed E-state index contributed by atoms with van der Waals surface area (Å²) in [5.41, 5.74) is 0. The molecule has 0 spiro atoms. The van der Waals surface area contributed by atoms with Crippen molar-refractivity contribution in [2.24, 2.45) is 0 Å². The number of hydrogen-bond donors (Lipinski definition) is 0. The zero-order chi connectivity index (χ0) is 6.41. The molecule has 0 fully saturated rings. The van der Waals surface area contributed by atoms with Crippen LogP contribution in [0.1, 0.15) is 13.3 Å². The van der Waals surface area contributed by atoms with Gasteiger partial charge in [-0.15, -0.1) is 6.58 Å². The second-order valence-corrected chi connectivity index (χ2v) is 1.76. The quantitative estimate of drug-likeness (QED) is 0.399. The molecule has 0 aliphatic rings. The molecular formula is C7H13O. The van der Waals surface area contributed by atoms with Crippen LogP contribution in [0.5, 0.6) is 0 Å². The van der Waals surface area contributed by atoms with Crippen LogP contribution in [-0.4, -0.2) is 12.7 Å². The van der Waals surface area contributed by atoms with Crippen LogP contribution in [0.4, 0.5) is 0 Å². The average molecular weight is 113 g/mol. The Balaban J connectivity index is 2.81. The summed E-state index contributed by atoms with van der Waals surface area (Å²) in [6, 6.07) is 0. The number of hydrogen-bond acceptors (Lipinski definition) is 1. The second kappa shape index (κ2) is 4.85. The lowest BCUT2D eigenvalue weighted by molar-refractivity contribution is 0.0997. The van der Waals surface area contributed by atoms with E-state index in [9.17, 15) is 0 Å². The highest BCUT2D eigenvalue weighted by atomic mass is 16.5. The molecule has 0 saturated heterocycles. The van der Waals surface area contributed by atoms with Gasteiger partial charge in [-0.3, -0.25) is 0 Å². The molecule has 47 valence electrons. The van der Waals surface area contributed by atoms with Crippen molar-refractivity contribution in [3.05, 3.63) is 19.6 Å². The van der Waals surface area contributed by atoms with Crippen LogP contribution in [0.2, 0.25) is 0 Å². The molecule has 0 heterocycles. The molecule has 0 bridgehead atoms. The predicted molar refractivity (Wildman–Crippen MR) is 35.6 cm³/mol. The fraction of sp³-hybridized carbons (Fsp3) is 0.571. The van der Waals surface area contributed by atoms with Crippen LogP contribution < -0.4 is 0 Å². The molecule has 0 aromatic heterocycles. The molecule has 1 nitrogen and oxygen atoms in total. The van der Waals surface area contributed by atoms with Crippen molar-refractivity contribution in [1.82, 2.24) is 0 Å². The maximum Gasteiger partial charge on any atom is 0.0548 e. The fourth-order valence-electron chi connectivity index (χ4n) is 0.353. The van der Waals surface area contributed by atoms with Crippen LogP contribution in [0.3, 0.4) is 0 Å². The van der Waals surface area contributed by atoms with Gasteiger partial charge in [0.2, 0.25) is 0 Å². The van der Waals surface area contributed by atoms with Gasteiger partial charge in [-0.2, -0.15) is 0 Å². The summed E-state index contributed by atoms with van der Waals surface area (Å²) in [6.07, 6.45) is 2.86. The van der Waals surface area contributed by atoms with Crippen LogP contribution in [-0.2, 0) is 4.74 Å². The van der Waals surface area contributed by atoms with Crippen molar-refractivity contribution < 1.29 is 4.74 Å². The van der Waals surface area contributed by atoms with Gasteiger partial charge in [0.05, 0.1) is 12.7 Å². The zero-order valence-corrected chi connectivity index (χ0v) is 5.39. The normalized spacial score (nSPS) is 9.88. The van der Waals surface area contributed by atoms with Crippen LogP contribution in [0.25, 0.3) is 0 Å². The van der Waals surface area contributed by atoms with Gasteiger partial charge in [0.25, 0.3) is 0 Å². The van der Waals surface area contributed by atoms with Gasteiger partial charge in [0, 0.05) is 0 Å².